The second kappa shape index (κ2) is 7.06. The number of nitrogens with two attached hydrogens (primary N) is 1. The third-order valence-electron chi connectivity index (χ3n) is 2.55. The van der Waals surface area contributed by atoms with Crippen LogP contribution < -0.4 is 5.73 Å². The molecule has 108 valence electrons. The van der Waals surface area contributed by atoms with E-state index in [9.17, 15) is 13.2 Å². The molecule has 0 saturated heterocycles. The van der Waals surface area contributed by atoms with Gasteiger partial charge in [-0.1, -0.05) is 13.8 Å². The highest BCUT2D eigenvalue weighted by molar-refractivity contribution is 7.89. The first-order valence-electron chi connectivity index (χ1n) is 5.94. The number of esters is 1. The van der Waals surface area contributed by atoms with Crippen LogP contribution in [0.1, 0.15) is 27.2 Å². The monoisotopic (exact) mass is 280 g/mol. The summed E-state index contributed by atoms with van der Waals surface area (Å²) in [5, 5.41) is 0. The van der Waals surface area contributed by atoms with Crippen LogP contribution in [0.3, 0.4) is 0 Å². The summed E-state index contributed by atoms with van der Waals surface area (Å²) in [4.78, 5) is 11.1. The minimum absolute atomic E-state index is 0.121. The maximum Gasteiger partial charge on any atom is 0.306 e. The summed E-state index contributed by atoms with van der Waals surface area (Å²) < 4.78 is 29.8. The lowest BCUT2D eigenvalue weighted by molar-refractivity contribution is -0.142. The van der Waals surface area contributed by atoms with Gasteiger partial charge in [-0.3, -0.25) is 4.79 Å². The first-order valence-corrected chi connectivity index (χ1v) is 7.55. The van der Waals surface area contributed by atoms with E-state index in [1.54, 1.807) is 6.92 Å². The number of carbonyl (C=O) groups is 1. The molecule has 0 heterocycles. The van der Waals surface area contributed by atoms with Crippen LogP contribution in [0.15, 0.2) is 0 Å². The Morgan fingerprint density at radius 2 is 1.94 bits per heavy atom. The minimum Gasteiger partial charge on any atom is -0.466 e. The van der Waals surface area contributed by atoms with Gasteiger partial charge < -0.3 is 10.5 Å². The summed E-state index contributed by atoms with van der Waals surface area (Å²) in [6.45, 7) is 6.45. The molecule has 0 radical (unpaired) electrons. The zero-order valence-electron chi connectivity index (χ0n) is 11.6. The van der Waals surface area contributed by atoms with Gasteiger partial charge in [0.1, 0.15) is 0 Å². The fourth-order valence-electron chi connectivity index (χ4n) is 1.37. The lowest BCUT2D eigenvalue weighted by atomic mass is 9.94. The molecule has 0 aliphatic rings. The summed E-state index contributed by atoms with van der Waals surface area (Å²) in [5.74, 6) is -0.726. The number of rotatable bonds is 8. The SMILES string of the molecule is CCOC(=O)CCS(=O)(=O)N(C)CC(C)(C)CN. The Hall–Kier alpha value is -0.660. The Kier molecular flexibility index (Phi) is 6.80. The van der Waals surface area contributed by atoms with Gasteiger partial charge in [-0.2, -0.15) is 0 Å². The number of sulfonamides is 1. The van der Waals surface area contributed by atoms with Crippen molar-refractivity contribution in [3.05, 3.63) is 0 Å². The van der Waals surface area contributed by atoms with E-state index in [1.165, 1.54) is 11.4 Å². The van der Waals surface area contributed by atoms with Crippen LogP contribution in [0.5, 0.6) is 0 Å². The molecule has 0 rings (SSSR count). The van der Waals surface area contributed by atoms with E-state index in [0.717, 1.165) is 0 Å². The Labute approximate surface area is 110 Å². The standard InChI is InChI=1S/C11H24N2O4S/c1-5-17-10(14)6-7-18(15,16)13(4)9-11(2,3)8-12/h5-9,12H2,1-4H3. The van der Waals surface area contributed by atoms with Crippen LogP contribution in [0.25, 0.3) is 0 Å². The average Bonchev–Trinajstić information content (AvgIpc) is 2.26. The van der Waals surface area contributed by atoms with Crippen molar-refractivity contribution in [2.24, 2.45) is 11.1 Å². The molecule has 0 amide bonds. The average molecular weight is 280 g/mol. The van der Waals surface area contributed by atoms with E-state index in [0.29, 0.717) is 13.1 Å². The Morgan fingerprint density at radius 3 is 2.39 bits per heavy atom. The van der Waals surface area contributed by atoms with Gasteiger partial charge in [-0.05, 0) is 18.9 Å². The van der Waals surface area contributed by atoms with E-state index < -0.39 is 16.0 Å². The Morgan fingerprint density at radius 1 is 1.39 bits per heavy atom. The summed E-state index contributed by atoms with van der Waals surface area (Å²) in [5.41, 5.74) is 5.28. The largest absolute Gasteiger partial charge is 0.466 e. The lowest BCUT2D eigenvalue weighted by Gasteiger charge is -2.28. The molecule has 6 nitrogen and oxygen atoms in total. The molecule has 7 heteroatoms. The molecular formula is C11H24N2O4S. The molecule has 0 unspecified atom stereocenters. The van der Waals surface area contributed by atoms with E-state index in [1.807, 2.05) is 13.8 Å². The smallest absolute Gasteiger partial charge is 0.306 e. The highest BCUT2D eigenvalue weighted by Crippen LogP contribution is 2.16. The molecule has 2 N–H and O–H groups in total. The van der Waals surface area contributed by atoms with Crippen LogP contribution in [0.4, 0.5) is 0 Å². The maximum absolute atomic E-state index is 11.9. The molecule has 18 heavy (non-hydrogen) atoms. The highest BCUT2D eigenvalue weighted by Gasteiger charge is 2.26. The Balaban J connectivity index is 4.41. The first-order chi connectivity index (χ1) is 8.14. The zero-order chi connectivity index (χ0) is 14.4. The summed E-state index contributed by atoms with van der Waals surface area (Å²) in [7, 11) is -1.94. The second-order valence-corrected chi connectivity index (χ2v) is 7.19. The molecule has 0 aliphatic heterocycles. The molecule has 0 saturated carbocycles. The van der Waals surface area contributed by atoms with Crippen molar-refractivity contribution in [1.29, 1.82) is 0 Å². The molecule has 0 aromatic carbocycles. The molecule has 0 spiro atoms. The normalized spacial score (nSPS) is 12.8. The highest BCUT2D eigenvalue weighted by atomic mass is 32.2. The van der Waals surface area contributed by atoms with Crippen molar-refractivity contribution in [3.8, 4) is 0 Å². The molecule has 0 fully saturated rings. The van der Waals surface area contributed by atoms with E-state index in [2.05, 4.69) is 0 Å². The molecule has 0 atom stereocenters. The zero-order valence-corrected chi connectivity index (χ0v) is 12.4. The molecule has 0 aromatic heterocycles. The number of hydrogen-bond donors (Lipinski definition) is 1. The minimum atomic E-state index is -3.44. The third kappa shape index (κ3) is 6.32. The van der Waals surface area contributed by atoms with Gasteiger partial charge in [0.05, 0.1) is 18.8 Å². The van der Waals surface area contributed by atoms with Gasteiger partial charge in [0.25, 0.3) is 0 Å². The molecule has 0 aliphatic carbocycles. The van der Waals surface area contributed by atoms with Crippen molar-refractivity contribution in [2.75, 3.05) is 32.5 Å². The number of hydrogen-bond acceptors (Lipinski definition) is 5. The first kappa shape index (κ1) is 17.3. The van der Waals surface area contributed by atoms with Crippen LogP contribution in [-0.4, -0.2) is 51.2 Å². The number of carbonyl (C=O) groups excluding carboxylic acids is 1. The fourth-order valence-corrected chi connectivity index (χ4v) is 2.65. The quantitative estimate of drug-likeness (QED) is 0.641. The van der Waals surface area contributed by atoms with Gasteiger partial charge in [-0.25, -0.2) is 12.7 Å². The van der Waals surface area contributed by atoms with Gasteiger partial charge in [-0.15, -0.1) is 0 Å². The third-order valence-corrected chi connectivity index (χ3v) is 4.35. The van der Waals surface area contributed by atoms with Crippen LogP contribution in [-0.2, 0) is 19.6 Å². The van der Waals surface area contributed by atoms with Gasteiger partial charge in [0.2, 0.25) is 10.0 Å². The van der Waals surface area contributed by atoms with Crippen LogP contribution >= 0.6 is 0 Å². The van der Waals surface area contributed by atoms with Crippen molar-refractivity contribution >= 4 is 16.0 Å². The lowest BCUT2D eigenvalue weighted by Crippen LogP contribution is -2.40. The van der Waals surface area contributed by atoms with Crippen LogP contribution in [0.2, 0.25) is 0 Å². The van der Waals surface area contributed by atoms with Crippen molar-refractivity contribution in [1.82, 2.24) is 4.31 Å². The topological polar surface area (TPSA) is 89.7 Å². The van der Waals surface area contributed by atoms with Gasteiger partial charge >= 0.3 is 5.97 Å². The number of nitrogens with zero attached hydrogens (tertiary/aromatic N) is 1. The van der Waals surface area contributed by atoms with E-state index >= 15 is 0 Å². The van der Waals surface area contributed by atoms with Crippen molar-refractivity contribution < 1.29 is 17.9 Å². The van der Waals surface area contributed by atoms with Crippen molar-refractivity contribution in [3.63, 3.8) is 0 Å². The molecule has 0 bridgehead atoms. The predicted octanol–water partition coefficient (Wildman–Crippen LogP) is 0.186. The summed E-state index contributed by atoms with van der Waals surface area (Å²) in [6, 6.07) is 0. The summed E-state index contributed by atoms with van der Waals surface area (Å²) >= 11 is 0. The Bertz CT molecular complexity index is 365. The second-order valence-electron chi connectivity index (χ2n) is 5.00. The molecule has 0 aromatic rings. The predicted molar refractivity (Wildman–Crippen MR) is 70.5 cm³/mol. The van der Waals surface area contributed by atoms with Gasteiger partial charge in [0, 0.05) is 13.6 Å². The number of ether oxygens (including phenoxy) is 1. The van der Waals surface area contributed by atoms with Crippen molar-refractivity contribution in [2.45, 2.75) is 27.2 Å². The maximum atomic E-state index is 11.9. The fraction of sp³-hybridized carbons (Fsp3) is 0.909. The summed E-state index contributed by atoms with van der Waals surface area (Å²) in [6.07, 6.45) is -0.121. The molecular weight excluding hydrogens is 256 g/mol. The van der Waals surface area contributed by atoms with Crippen LogP contribution in [0, 0.1) is 5.41 Å². The van der Waals surface area contributed by atoms with E-state index in [-0.39, 0.29) is 24.2 Å². The van der Waals surface area contributed by atoms with Gasteiger partial charge in [0.15, 0.2) is 0 Å². The van der Waals surface area contributed by atoms with E-state index in [4.69, 9.17) is 10.5 Å².